The van der Waals surface area contributed by atoms with Gasteiger partial charge in [-0.25, -0.2) is 4.98 Å². The van der Waals surface area contributed by atoms with E-state index >= 15 is 0 Å². The summed E-state index contributed by atoms with van der Waals surface area (Å²) in [6.07, 6.45) is 4.02. The van der Waals surface area contributed by atoms with E-state index in [4.69, 9.17) is 0 Å². The van der Waals surface area contributed by atoms with E-state index < -0.39 is 0 Å². The van der Waals surface area contributed by atoms with Crippen molar-refractivity contribution >= 4 is 16.7 Å². The number of imidazole rings is 1. The molecule has 0 aliphatic rings. The molecule has 3 nitrogen and oxygen atoms in total. The van der Waals surface area contributed by atoms with Crippen LogP contribution in [0, 0.1) is 0 Å². The molecule has 0 saturated heterocycles. The van der Waals surface area contributed by atoms with Crippen molar-refractivity contribution in [1.29, 1.82) is 0 Å². The topological polar surface area (TPSA) is 29.9 Å². The van der Waals surface area contributed by atoms with Gasteiger partial charge in [0.1, 0.15) is 6.33 Å². The van der Waals surface area contributed by atoms with Gasteiger partial charge in [0.25, 0.3) is 0 Å². The number of hydrogen-bond donors (Lipinski definition) is 1. The van der Waals surface area contributed by atoms with Gasteiger partial charge >= 0.3 is 0 Å². The van der Waals surface area contributed by atoms with Gasteiger partial charge in [-0.05, 0) is 71.3 Å². The molecule has 0 bridgehead atoms. The van der Waals surface area contributed by atoms with E-state index in [2.05, 4.69) is 126 Å². The van der Waals surface area contributed by atoms with Gasteiger partial charge in [0.2, 0.25) is 0 Å². The highest BCUT2D eigenvalue weighted by Crippen LogP contribution is 2.23. The van der Waals surface area contributed by atoms with E-state index in [1.807, 2.05) is 6.33 Å². The number of nitrogens with one attached hydrogen (secondary N) is 1. The van der Waals surface area contributed by atoms with Gasteiger partial charge in [-0.2, -0.15) is 0 Å². The monoisotopic (exact) mass is 445 g/mol. The van der Waals surface area contributed by atoms with Gasteiger partial charge in [0.15, 0.2) is 0 Å². The van der Waals surface area contributed by atoms with Crippen LogP contribution in [0.3, 0.4) is 0 Å². The number of hydrogen-bond acceptors (Lipinski definition) is 2. The van der Waals surface area contributed by atoms with E-state index in [-0.39, 0.29) is 0 Å². The number of nitrogens with zero attached hydrogens (tertiary/aromatic N) is 2. The van der Waals surface area contributed by atoms with Crippen molar-refractivity contribution in [3.8, 4) is 5.69 Å². The van der Waals surface area contributed by atoms with E-state index in [9.17, 15) is 0 Å². The maximum Gasteiger partial charge on any atom is 0.100 e. The standard InChI is InChI=1S/C31H31N3/c1-23(2)27-14-10-26(11-15-27)21-32-28-16-19-31-30(20-28)33-22-34(31)29-17-12-25(13-18-29)9-8-24-6-4-3-5-7-24/h3-7,10-20,22-23,32H,8-9,21H2,1-2H3. The third kappa shape index (κ3) is 5.04. The summed E-state index contributed by atoms with van der Waals surface area (Å²) in [7, 11) is 0. The lowest BCUT2D eigenvalue weighted by atomic mass is 10.0. The van der Waals surface area contributed by atoms with Crippen LogP contribution in [0.1, 0.15) is 42.0 Å². The molecular weight excluding hydrogens is 414 g/mol. The molecule has 0 fully saturated rings. The fourth-order valence-corrected chi connectivity index (χ4v) is 4.31. The van der Waals surface area contributed by atoms with Crippen molar-refractivity contribution in [3.63, 3.8) is 0 Å². The van der Waals surface area contributed by atoms with Gasteiger partial charge in [0.05, 0.1) is 11.0 Å². The maximum atomic E-state index is 4.66. The zero-order valence-corrected chi connectivity index (χ0v) is 19.9. The molecule has 0 aliphatic carbocycles. The Labute approximate surface area is 202 Å². The summed E-state index contributed by atoms with van der Waals surface area (Å²) < 4.78 is 2.16. The first kappa shape index (κ1) is 22.0. The summed E-state index contributed by atoms with van der Waals surface area (Å²) in [5.41, 5.74) is 9.72. The molecule has 170 valence electrons. The molecule has 0 spiro atoms. The second kappa shape index (κ2) is 9.96. The minimum Gasteiger partial charge on any atom is -0.381 e. The molecule has 0 radical (unpaired) electrons. The van der Waals surface area contributed by atoms with Crippen LogP contribution < -0.4 is 5.32 Å². The number of aryl methyl sites for hydroxylation is 2. The number of anilines is 1. The average Bonchev–Trinajstić information content (AvgIpc) is 3.31. The number of aromatic nitrogens is 2. The summed E-state index contributed by atoms with van der Waals surface area (Å²) in [6, 6.07) is 34.8. The van der Waals surface area contributed by atoms with Crippen LogP contribution in [-0.4, -0.2) is 9.55 Å². The van der Waals surface area contributed by atoms with Crippen LogP contribution in [-0.2, 0) is 19.4 Å². The minimum absolute atomic E-state index is 0.560. The largest absolute Gasteiger partial charge is 0.381 e. The first-order valence-electron chi connectivity index (χ1n) is 12.1. The first-order chi connectivity index (χ1) is 16.7. The summed E-state index contributed by atoms with van der Waals surface area (Å²) >= 11 is 0. The smallest absolute Gasteiger partial charge is 0.100 e. The number of fused-ring (bicyclic) bond motifs is 1. The van der Waals surface area contributed by atoms with Crippen LogP contribution in [0.5, 0.6) is 0 Å². The Kier molecular flexibility index (Phi) is 6.44. The van der Waals surface area contributed by atoms with Crippen LogP contribution in [0.15, 0.2) is 103 Å². The lowest BCUT2D eigenvalue weighted by molar-refractivity contribution is 0.865. The van der Waals surface area contributed by atoms with Gasteiger partial charge in [-0.3, -0.25) is 4.57 Å². The molecule has 0 aliphatic heterocycles. The summed E-state index contributed by atoms with van der Waals surface area (Å²) in [5, 5.41) is 3.54. The van der Waals surface area contributed by atoms with E-state index in [0.29, 0.717) is 5.92 Å². The predicted molar refractivity (Wildman–Crippen MR) is 143 cm³/mol. The molecule has 1 N–H and O–H groups in total. The van der Waals surface area contributed by atoms with E-state index in [1.165, 1.54) is 22.3 Å². The maximum absolute atomic E-state index is 4.66. The Hall–Kier alpha value is -3.85. The van der Waals surface area contributed by atoms with Crippen LogP contribution >= 0.6 is 0 Å². The highest BCUT2D eigenvalue weighted by Gasteiger charge is 2.07. The molecule has 1 heterocycles. The van der Waals surface area contributed by atoms with Crippen molar-refractivity contribution in [1.82, 2.24) is 9.55 Å². The SMILES string of the molecule is CC(C)c1ccc(CNc2ccc3c(c2)ncn3-c2ccc(CCc3ccccc3)cc2)cc1. The van der Waals surface area contributed by atoms with Crippen molar-refractivity contribution in [2.75, 3.05) is 5.32 Å². The average molecular weight is 446 g/mol. The van der Waals surface area contributed by atoms with Gasteiger partial charge in [0, 0.05) is 17.9 Å². The fourth-order valence-electron chi connectivity index (χ4n) is 4.31. The highest BCUT2D eigenvalue weighted by atomic mass is 15.0. The Morgan fingerprint density at radius 2 is 1.41 bits per heavy atom. The lowest BCUT2D eigenvalue weighted by Crippen LogP contribution is -2.00. The number of rotatable bonds is 8. The Morgan fingerprint density at radius 3 is 2.12 bits per heavy atom. The van der Waals surface area contributed by atoms with E-state index in [0.717, 1.165) is 41.8 Å². The van der Waals surface area contributed by atoms with Crippen molar-refractivity contribution in [2.24, 2.45) is 0 Å². The Morgan fingerprint density at radius 1 is 0.735 bits per heavy atom. The molecule has 3 heteroatoms. The normalized spacial score (nSPS) is 11.3. The zero-order valence-electron chi connectivity index (χ0n) is 19.9. The second-order valence-corrected chi connectivity index (χ2v) is 9.22. The number of benzene rings is 4. The Balaban J connectivity index is 1.25. The quantitative estimate of drug-likeness (QED) is 0.267. The third-order valence-electron chi connectivity index (χ3n) is 6.45. The van der Waals surface area contributed by atoms with Crippen LogP contribution in [0.25, 0.3) is 16.7 Å². The predicted octanol–water partition coefficient (Wildman–Crippen LogP) is 7.55. The van der Waals surface area contributed by atoms with Crippen molar-refractivity contribution in [2.45, 2.75) is 39.2 Å². The van der Waals surface area contributed by atoms with Gasteiger partial charge < -0.3 is 5.32 Å². The van der Waals surface area contributed by atoms with Gasteiger partial charge in [-0.1, -0.05) is 80.6 Å². The highest BCUT2D eigenvalue weighted by molar-refractivity contribution is 5.81. The third-order valence-corrected chi connectivity index (χ3v) is 6.45. The Bertz CT molecular complexity index is 1350. The molecule has 4 aromatic carbocycles. The van der Waals surface area contributed by atoms with Gasteiger partial charge in [-0.15, -0.1) is 0 Å². The summed E-state index contributed by atoms with van der Waals surface area (Å²) in [4.78, 5) is 4.66. The molecule has 5 rings (SSSR count). The summed E-state index contributed by atoms with van der Waals surface area (Å²) in [6.45, 7) is 5.25. The fraction of sp³-hybridized carbons (Fsp3) is 0.194. The zero-order chi connectivity index (χ0) is 23.3. The van der Waals surface area contributed by atoms with Crippen molar-refractivity contribution in [3.05, 3.63) is 126 Å². The van der Waals surface area contributed by atoms with Crippen molar-refractivity contribution < 1.29 is 0 Å². The molecule has 0 amide bonds. The van der Waals surface area contributed by atoms with Crippen LogP contribution in [0.2, 0.25) is 0 Å². The molecule has 5 aromatic rings. The lowest BCUT2D eigenvalue weighted by Gasteiger charge is -2.10. The first-order valence-corrected chi connectivity index (χ1v) is 12.1. The molecular formula is C31H31N3. The molecule has 1 aromatic heterocycles. The summed E-state index contributed by atoms with van der Waals surface area (Å²) in [5.74, 6) is 0.560. The van der Waals surface area contributed by atoms with Crippen LogP contribution in [0.4, 0.5) is 5.69 Å². The minimum atomic E-state index is 0.560. The second-order valence-electron chi connectivity index (χ2n) is 9.22. The molecule has 0 saturated carbocycles. The molecule has 0 atom stereocenters. The molecule has 0 unspecified atom stereocenters. The van der Waals surface area contributed by atoms with E-state index in [1.54, 1.807) is 0 Å². The molecule has 34 heavy (non-hydrogen) atoms.